The molecular formula is C27H26N2O2. The van der Waals surface area contributed by atoms with E-state index in [9.17, 15) is 9.59 Å². The molecule has 4 heteroatoms. The largest absolute Gasteiger partial charge is 0.300 e. The lowest BCUT2D eigenvalue weighted by Gasteiger charge is -2.40. The van der Waals surface area contributed by atoms with Crippen molar-refractivity contribution in [3.05, 3.63) is 101 Å². The van der Waals surface area contributed by atoms with Crippen LogP contribution in [-0.2, 0) is 9.59 Å². The first kappa shape index (κ1) is 20.6. The minimum atomic E-state index is -0.719. The summed E-state index contributed by atoms with van der Waals surface area (Å²) in [5, 5.41) is 0. The number of piperazine rings is 1. The molecule has 0 spiro atoms. The van der Waals surface area contributed by atoms with Crippen LogP contribution in [0, 0.1) is 20.8 Å². The molecule has 2 amide bonds. The third-order valence-corrected chi connectivity index (χ3v) is 5.65. The van der Waals surface area contributed by atoms with Crippen molar-refractivity contribution in [2.45, 2.75) is 26.8 Å². The highest BCUT2D eigenvalue weighted by Gasteiger charge is 2.40. The molecule has 0 unspecified atom stereocenters. The van der Waals surface area contributed by atoms with E-state index in [0.29, 0.717) is 0 Å². The third kappa shape index (κ3) is 4.15. The molecule has 4 rings (SSSR count). The molecule has 1 aliphatic rings. The second-order valence-electron chi connectivity index (χ2n) is 7.98. The highest BCUT2D eigenvalue weighted by Crippen LogP contribution is 2.31. The van der Waals surface area contributed by atoms with Crippen LogP contribution in [0.25, 0.3) is 6.08 Å². The Morgan fingerprint density at radius 3 is 2.10 bits per heavy atom. The van der Waals surface area contributed by atoms with Crippen molar-refractivity contribution in [2.24, 2.45) is 0 Å². The van der Waals surface area contributed by atoms with Gasteiger partial charge in [-0.25, -0.2) is 0 Å². The standard InChI is InChI=1S/C27H26N2O2/c1-19-12-15-23(16-13-19)29-24(17-14-22-10-5-4-6-11-22)27(31)28(18-25(29)30)26-20(2)8-7-9-21(26)3/h4-17,24H,18H2,1-3H3/b17-14+/t24-/m1/s1. The molecule has 3 aromatic carbocycles. The molecule has 156 valence electrons. The smallest absolute Gasteiger partial charge is 0.254 e. The lowest BCUT2D eigenvalue weighted by atomic mass is 10.0. The molecular weight excluding hydrogens is 384 g/mol. The van der Waals surface area contributed by atoms with E-state index in [1.54, 1.807) is 9.80 Å². The summed E-state index contributed by atoms with van der Waals surface area (Å²) in [4.78, 5) is 30.3. The minimum Gasteiger partial charge on any atom is -0.300 e. The average Bonchev–Trinajstić information content (AvgIpc) is 2.76. The fraction of sp³-hybridized carbons (Fsp3) is 0.185. The van der Waals surface area contributed by atoms with Gasteiger partial charge in [0.05, 0.1) is 5.69 Å². The molecule has 1 fully saturated rings. The van der Waals surface area contributed by atoms with Crippen LogP contribution in [0.15, 0.2) is 78.9 Å². The number of nitrogens with zero attached hydrogens (tertiary/aromatic N) is 2. The number of rotatable bonds is 4. The van der Waals surface area contributed by atoms with Crippen LogP contribution in [0.3, 0.4) is 0 Å². The summed E-state index contributed by atoms with van der Waals surface area (Å²) in [6, 6.07) is 22.7. The first-order valence-corrected chi connectivity index (χ1v) is 10.5. The van der Waals surface area contributed by atoms with E-state index in [1.807, 2.05) is 106 Å². The van der Waals surface area contributed by atoms with E-state index < -0.39 is 6.04 Å². The number of para-hydroxylation sites is 1. The lowest BCUT2D eigenvalue weighted by molar-refractivity contribution is -0.127. The maximum absolute atomic E-state index is 13.7. The van der Waals surface area contributed by atoms with Crippen molar-refractivity contribution in [2.75, 3.05) is 16.3 Å². The Morgan fingerprint density at radius 2 is 1.45 bits per heavy atom. The van der Waals surface area contributed by atoms with Gasteiger partial charge in [-0.3, -0.25) is 14.5 Å². The summed E-state index contributed by atoms with van der Waals surface area (Å²) in [6.07, 6.45) is 3.74. The predicted molar refractivity (Wildman–Crippen MR) is 126 cm³/mol. The molecule has 0 saturated carbocycles. The average molecular weight is 411 g/mol. The Balaban J connectivity index is 1.78. The summed E-state index contributed by atoms with van der Waals surface area (Å²) < 4.78 is 0. The summed E-state index contributed by atoms with van der Waals surface area (Å²) in [6.45, 7) is 5.97. The number of anilines is 2. The number of benzene rings is 3. The minimum absolute atomic E-state index is 0.0219. The van der Waals surface area contributed by atoms with Crippen LogP contribution >= 0.6 is 0 Å². The molecule has 0 N–H and O–H groups in total. The monoisotopic (exact) mass is 410 g/mol. The maximum Gasteiger partial charge on any atom is 0.254 e. The van der Waals surface area contributed by atoms with Crippen LogP contribution in [0.4, 0.5) is 11.4 Å². The highest BCUT2D eigenvalue weighted by atomic mass is 16.2. The summed E-state index contributed by atoms with van der Waals surface area (Å²) >= 11 is 0. The molecule has 1 heterocycles. The Hall–Kier alpha value is -3.66. The molecule has 1 aliphatic heterocycles. The van der Waals surface area contributed by atoms with Gasteiger partial charge in [0.25, 0.3) is 5.91 Å². The third-order valence-electron chi connectivity index (χ3n) is 5.65. The number of aryl methyl sites for hydroxylation is 3. The first-order chi connectivity index (χ1) is 15.0. The summed E-state index contributed by atoms with van der Waals surface area (Å²) in [5.41, 5.74) is 5.60. The van der Waals surface area contributed by atoms with Gasteiger partial charge in [0.1, 0.15) is 12.6 Å². The van der Waals surface area contributed by atoms with Gasteiger partial charge in [0.2, 0.25) is 5.91 Å². The predicted octanol–water partition coefficient (Wildman–Crippen LogP) is 5.07. The SMILES string of the molecule is Cc1ccc(N2C(=O)CN(c3c(C)cccc3C)C(=O)[C@H]2/C=C/c2ccccc2)cc1. The molecule has 3 aromatic rings. The zero-order valence-corrected chi connectivity index (χ0v) is 18.1. The van der Waals surface area contributed by atoms with Crippen molar-refractivity contribution in [1.82, 2.24) is 0 Å². The fourth-order valence-corrected chi connectivity index (χ4v) is 4.08. The van der Waals surface area contributed by atoms with Gasteiger partial charge in [-0.15, -0.1) is 0 Å². The quantitative estimate of drug-likeness (QED) is 0.602. The second kappa shape index (κ2) is 8.60. The van der Waals surface area contributed by atoms with Crippen LogP contribution < -0.4 is 9.80 Å². The van der Waals surface area contributed by atoms with Crippen molar-refractivity contribution < 1.29 is 9.59 Å². The van der Waals surface area contributed by atoms with E-state index in [2.05, 4.69) is 0 Å². The molecule has 0 aliphatic carbocycles. The Morgan fingerprint density at radius 1 is 0.806 bits per heavy atom. The molecule has 1 saturated heterocycles. The van der Waals surface area contributed by atoms with E-state index in [0.717, 1.165) is 33.6 Å². The number of carbonyl (C=O) groups is 2. The van der Waals surface area contributed by atoms with Crippen molar-refractivity contribution in [3.63, 3.8) is 0 Å². The van der Waals surface area contributed by atoms with Gasteiger partial charge in [-0.2, -0.15) is 0 Å². The van der Waals surface area contributed by atoms with Crippen molar-refractivity contribution in [3.8, 4) is 0 Å². The topological polar surface area (TPSA) is 40.6 Å². The number of carbonyl (C=O) groups excluding carboxylic acids is 2. The highest BCUT2D eigenvalue weighted by molar-refractivity contribution is 6.15. The van der Waals surface area contributed by atoms with E-state index in [1.165, 1.54) is 0 Å². The van der Waals surface area contributed by atoms with Gasteiger partial charge in [0, 0.05) is 5.69 Å². The normalized spacial score (nSPS) is 16.9. The Bertz CT molecular complexity index is 1110. The van der Waals surface area contributed by atoms with Gasteiger partial charge in [-0.1, -0.05) is 78.4 Å². The molecule has 0 aromatic heterocycles. The lowest BCUT2D eigenvalue weighted by Crippen LogP contribution is -2.60. The number of hydrogen-bond donors (Lipinski definition) is 0. The summed E-state index contributed by atoms with van der Waals surface area (Å²) in [5.74, 6) is -0.210. The van der Waals surface area contributed by atoms with Gasteiger partial charge in [-0.05, 0) is 49.6 Å². The van der Waals surface area contributed by atoms with Crippen molar-refractivity contribution in [1.29, 1.82) is 0 Å². The van der Waals surface area contributed by atoms with Gasteiger partial charge in [0.15, 0.2) is 0 Å². The number of amides is 2. The van der Waals surface area contributed by atoms with E-state index in [-0.39, 0.29) is 18.4 Å². The van der Waals surface area contributed by atoms with Crippen LogP contribution in [0.5, 0.6) is 0 Å². The van der Waals surface area contributed by atoms with Gasteiger partial charge >= 0.3 is 0 Å². The fourth-order valence-electron chi connectivity index (χ4n) is 4.08. The first-order valence-electron chi connectivity index (χ1n) is 10.5. The van der Waals surface area contributed by atoms with Crippen molar-refractivity contribution >= 4 is 29.3 Å². The molecule has 0 bridgehead atoms. The molecule has 0 radical (unpaired) electrons. The van der Waals surface area contributed by atoms with Crippen LogP contribution in [0.1, 0.15) is 22.3 Å². The van der Waals surface area contributed by atoms with Crippen LogP contribution in [-0.4, -0.2) is 24.4 Å². The number of hydrogen-bond acceptors (Lipinski definition) is 2. The molecule has 31 heavy (non-hydrogen) atoms. The molecule has 4 nitrogen and oxygen atoms in total. The zero-order valence-electron chi connectivity index (χ0n) is 18.1. The summed E-state index contributed by atoms with van der Waals surface area (Å²) in [7, 11) is 0. The van der Waals surface area contributed by atoms with E-state index in [4.69, 9.17) is 0 Å². The van der Waals surface area contributed by atoms with E-state index >= 15 is 0 Å². The van der Waals surface area contributed by atoms with Crippen LogP contribution in [0.2, 0.25) is 0 Å². The second-order valence-corrected chi connectivity index (χ2v) is 7.98. The van der Waals surface area contributed by atoms with Gasteiger partial charge < -0.3 is 4.90 Å². The Kier molecular flexibility index (Phi) is 5.72. The molecule has 1 atom stereocenters. The zero-order chi connectivity index (χ0) is 22.0. The Labute approximate surface area is 183 Å². The maximum atomic E-state index is 13.7.